The minimum absolute atomic E-state index is 0.0497. The Hall–Kier alpha value is -4.20. The third-order valence-corrected chi connectivity index (χ3v) is 4.97. The van der Waals surface area contributed by atoms with E-state index in [1.807, 2.05) is 31.2 Å². The number of carbonyl (C=O) groups is 3. The number of nitrogens with one attached hydrogen (secondary N) is 2. The smallest absolute Gasteiger partial charge is 0.262 e. The summed E-state index contributed by atoms with van der Waals surface area (Å²) >= 11 is 0. The van der Waals surface area contributed by atoms with Crippen molar-refractivity contribution in [3.05, 3.63) is 87.2 Å². The van der Waals surface area contributed by atoms with Gasteiger partial charge >= 0.3 is 0 Å². The molecule has 0 bridgehead atoms. The number of rotatable bonds is 4. The third-order valence-electron chi connectivity index (χ3n) is 4.97. The van der Waals surface area contributed by atoms with Crippen molar-refractivity contribution >= 4 is 29.2 Å². The van der Waals surface area contributed by atoms with Gasteiger partial charge in [-0.2, -0.15) is 0 Å². The standard InChI is InChI=1S/C22H18N4O4/c1-2-12-6-3-4-9-16(12)24-20(28)13-7-5-8-14(10-13)26-17(27)11-15-18(19(26)23)22(30)25-21(15)29/h3-11H,2,23H2,1H3,(H,24,28)(H,25,29,30). The van der Waals surface area contributed by atoms with Crippen LogP contribution in [-0.2, 0) is 6.42 Å². The van der Waals surface area contributed by atoms with Crippen LogP contribution in [0.3, 0.4) is 0 Å². The van der Waals surface area contributed by atoms with Gasteiger partial charge in [-0.3, -0.25) is 29.1 Å². The van der Waals surface area contributed by atoms with E-state index >= 15 is 0 Å². The topological polar surface area (TPSA) is 123 Å². The van der Waals surface area contributed by atoms with Crippen molar-refractivity contribution in [2.45, 2.75) is 13.3 Å². The van der Waals surface area contributed by atoms with Gasteiger partial charge in [-0.05, 0) is 36.2 Å². The molecule has 3 aromatic rings. The van der Waals surface area contributed by atoms with Gasteiger partial charge in [0.15, 0.2) is 0 Å². The van der Waals surface area contributed by atoms with Crippen LogP contribution in [0.25, 0.3) is 5.69 Å². The largest absolute Gasteiger partial charge is 0.384 e. The number of para-hydroxylation sites is 1. The zero-order valence-electron chi connectivity index (χ0n) is 16.1. The van der Waals surface area contributed by atoms with E-state index in [1.165, 1.54) is 6.07 Å². The average molecular weight is 402 g/mol. The van der Waals surface area contributed by atoms with Crippen molar-refractivity contribution in [3.8, 4) is 5.69 Å². The van der Waals surface area contributed by atoms with Crippen molar-refractivity contribution in [2.75, 3.05) is 11.1 Å². The maximum Gasteiger partial charge on any atom is 0.262 e. The van der Waals surface area contributed by atoms with E-state index in [0.29, 0.717) is 16.9 Å². The number of pyridine rings is 1. The van der Waals surface area contributed by atoms with E-state index in [9.17, 15) is 19.2 Å². The molecule has 0 atom stereocenters. The van der Waals surface area contributed by atoms with Crippen molar-refractivity contribution < 1.29 is 14.4 Å². The second kappa shape index (κ2) is 7.32. The predicted molar refractivity (Wildman–Crippen MR) is 112 cm³/mol. The number of aryl methyl sites for hydroxylation is 1. The molecular weight excluding hydrogens is 384 g/mol. The van der Waals surface area contributed by atoms with Crippen molar-refractivity contribution in [3.63, 3.8) is 0 Å². The molecule has 1 aliphatic rings. The summed E-state index contributed by atoms with van der Waals surface area (Å²) in [4.78, 5) is 49.2. The Labute approximate surface area is 171 Å². The lowest BCUT2D eigenvalue weighted by molar-refractivity contribution is 0.0879. The maximum atomic E-state index is 12.8. The zero-order chi connectivity index (χ0) is 21.4. The Bertz CT molecular complexity index is 1280. The number of imide groups is 1. The molecule has 1 aromatic heterocycles. The Morgan fingerprint density at radius 2 is 1.80 bits per heavy atom. The second-order valence-electron chi connectivity index (χ2n) is 6.79. The van der Waals surface area contributed by atoms with Crippen LogP contribution in [0, 0.1) is 0 Å². The molecule has 1 aliphatic heterocycles. The minimum atomic E-state index is -0.661. The number of nitrogens with two attached hydrogens (primary N) is 1. The maximum absolute atomic E-state index is 12.8. The number of hydrogen-bond donors (Lipinski definition) is 3. The molecule has 0 saturated heterocycles. The first-order valence-corrected chi connectivity index (χ1v) is 9.31. The number of aromatic nitrogens is 1. The summed E-state index contributed by atoms with van der Waals surface area (Å²) in [5, 5.41) is 5.00. The quantitative estimate of drug-likeness (QED) is 0.577. The Balaban J connectivity index is 1.74. The summed E-state index contributed by atoms with van der Waals surface area (Å²) in [6.45, 7) is 2.00. The predicted octanol–water partition coefficient (Wildman–Crippen LogP) is 2.12. The van der Waals surface area contributed by atoms with E-state index in [4.69, 9.17) is 5.73 Å². The van der Waals surface area contributed by atoms with E-state index in [0.717, 1.165) is 22.6 Å². The highest BCUT2D eigenvalue weighted by Gasteiger charge is 2.31. The monoisotopic (exact) mass is 402 g/mol. The van der Waals surface area contributed by atoms with Gasteiger partial charge in [0.1, 0.15) is 5.82 Å². The Morgan fingerprint density at radius 3 is 2.57 bits per heavy atom. The molecule has 8 heteroatoms. The zero-order valence-corrected chi connectivity index (χ0v) is 16.1. The number of hydrogen-bond acceptors (Lipinski definition) is 5. The summed E-state index contributed by atoms with van der Waals surface area (Å²) in [5.41, 5.74) is 7.70. The van der Waals surface area contributed by atoms with Crippen LogP contribution in [0.1, 0.15) is 43.6 Å². The molecule has 150 valence electrons. The van der Waals surface area contributed by atoms with Gasteiger partial charge in [0.25, 0.3) is 23.3 Å². The number of nitrogen functional groups attached to an aromatic ring is 1. The lowest BCUT2D eigenvalue weighted by Gasteiger charge is -2.14. The summed E-state index contributed by atoms with van der Waals surface area (Å²) in [7, 11) is 0. The van der Waals surface area contributed by atoms with Crippen molar-refractivity contribution in [1.29, 1.82) is 0 Å². The van der Waals surface area contributed by atoms with Crippen LogP contribution in [0.15, 0.2) is 59.4 Å². The molecular formula is C22H18N4O4. The van der Waals surface area contributed by atoms with Crippen LogP contribution in [0.4, 0.5) is 11.5 Å². The summed E-state index contributed by atoms with van der Waals surface area (Å²) in [5.74, 6) is -1.83. The SMILES string of the molecule is CCc1ccccc1NC(=O)c1cccc(-n2c(N)c3c(cc2=O)C(=O)NC3=O)c1. The lowest BCUT2D eigenvalue weighted by atomic mass is 10.1. The molecule has 0 aliphatic carbocycles. The second-order valence-corrected chi connectivity index (χ2v) is 6.79. The molecule has 2 aromatic carbocycles. The van der Waals surface area contributed by atoms with Gasteiger partial charge in [0.2, 0.25) is 0 Å². The molecule has 30 heavy (non-hydrogen) atoms. The van der Waals surface area contributed by atoms with Crippen LogP contribution in [0.5, 0.6) is 0 Å². The molecule has 0 saturated carbocycles. The van der Waals surface area contributed by atoms with Crippen LogP contribution in [-0.4, -0.2) is 22.3 Å². The Morgan fingerprint density at radius 1 is 1.03 bits per heavy atom. The number of fused-ring (bicyclic) bond motifs is 1. The number of anilines is 2. The highest BCUT2D eigenvalue weighted by Crippen LogP contribution is 2.23. The van der Waals surface area contributed by atoms with Crippen molar-refractivity contribution in [1.82, 2.24) is 9.88 Å². The molecule has 8 nitrogen and oxygen atoms in total. The highest BCUT2D eigenvalue weighted by molar-refractivity contribution is 6.23. The van der Waals surface area contributed by atoms with E-state index < -0.39 is 17.4 Å². The van der Waals surface area contributed by atoms with Gasteiger partial charge in [0, 0.05) is 17.3 Å². The van der Waals surface area contributed by atoms with Crippen LogP contribution in [0.2, 0.25) is 0 Å². The lowest BCUT2D eigenvalue weighted by Crippen LogP contribution is -2.24. The van der Waals surface area contributed by atoms with Crippen LogP contribution < -0.4 is 21.9 Å². The summed E-state index contributed by atoms with van der Waals surface area (Å²) in [6.07, 6.45) is 0.762. The van der Waals surface area contributed by atoms with Gasteiger partial charge in [-0.25, -0.2) is 0 Å². The van der Waals surface area contributed by atoms with Gasteiger partial charge < -0.3 is 11.1 Å². The number of carbonyl (C=O) groups excluding carboxylic acids is 3. The molecule has 0 radical (unpaired) electrons. The van der Waals surface area contributed by atoms with Gasteiger partial charge in [0.05, 0.1) is 16.8 Å². The van der Waals surface area contributed by atoms with Gasteiger partial charge in [-0.1, -0.05) is 31.2 Å². The molecule has 0 fully saturated rings. The fourth-order valence-electron chi connectivity index (χ4n) is 3.48. The van der Waals surface area contributed by atoms with Crippen molar-refractivity contribution in [2.24, 2.45) is 0 Å². The fraction of sp³-hybridized carbons (Fsp3) is 0.0909. The molecule has 0 unspecified atom stereocenters. The normalized spacial score (nSPS) is 12.4. The van der Waals surface area contributed by atoms with Crippen LogP contribution >= 0.6 is 0 Å². The summed E-state index contributed by atoms with van der Waals surface area (Å²) < 4.78 is 1.10. The average Bonchev–Trinajstić information content (AvgIpc) is 3.02. The molecule has 2 heterocycles. The highest BCUT2D eigenvalue weighted by atomic mass is 16.2. The van der Waals surface area contributed by atoms with Gasteiger partial charge in [-0.15, -0.1) is 0 Å². The number of amides is 3. The fourth-order valence-corrected chi connectivity index (χ4v) is 3.48. The molecule has 4 rings (SSSR count). The third kappa shape index (κ3) is 3.14. The van der Waals surface area contributed by atoms with E-state index in [-0.39, 0.29) is 22.9 Å². The molecule has 0 spiro atoms. The first-order valence-electron chi connectivity index (χ1n) is 9.31. The number of benzene rings is 2. The van der Waals surface area contributed by atoms with E-state index in [1.54, 1.807) is 18.2 Å². The molecule has 4 N–H and O–H groups in total. The number of nitrogens with zero attached hydrogens (tertiary/aromatic N) is 1. The summed E-state index contributed by atoms with van der Waals surface area (Å²) in [6, 6.07) is 14.9. The first kappa shape index (κ1) is 19.1. The minimum Gasteiger partial charge on any atom is -0.384 e. The molecule has 3 amide bonds. The van der Waals surface area contributed by atoms with E-state index in [2.05, 4.69) is 10.6 Å². The first-order chi connectivity index (χ1) is 14.4. The Kier molecular flexibility index (Phi) is 4.67.